The minimum Gasteiger partial charge on any atom is -0.348 e. The Morgan fingerprint density at radius 2 is 1.85 bits per heavy atom. The highest BCUT2D eigenvalue weighted by Gasteiger charge is 2.32. The van der Waals surface area contributed by atoms with Gasteiger partial charge in [-0.2, -0.15) is 0 Å². The maximum absolute atomic E-state index is 5.05. The van der Waals surface area contributed by atoms with Gasteiger partial charge in [-0.25, -0.2) is 4.98 Å². The molecule has 0 radical (unpaired) electrons. The molecule has 3 aliphatic carbocycles. The summed E-state index contributed by atoms with van der Waals surface area (Å²) in [5, 5.41) is 4.76. The lowest BCUT2D eigenvalue weighted by molar-refractivity contribution is 0.489. The predicted molar refractivity (Wildman–Crippen MR) is 84.5 cm³/mol. The summed E-state index contributed by atoms with van der Waals surface area (Å²) >= 11 is 1.98. The van der Waals surface area contributed by atoms with Crippen LogP contribution in [0.4, 0.5) is 5.13 Å². The molecule has 1 heterocycles. The third kappa shape index (κ3) is 2.73. The fourth-order valence-electron chi connectivity index (χ4n) is 3.28. The number of nitrogens with one attached hydrogen (secondary N) is 1. The molecule has 0 bridgehead atoms. The number of nitrogens with zero attached hydrogens (tertiary/aromatic N) is 2. The van der Waals surface area contributed by atoms with Crippen LogP contribution in [0.3, 0.4) is 0 Å². The van der Waals surface area contributed by atoms with Gasteiger partial charge in [0, 0.05) is 18.0 Å². The normalized spacial score (nSPS) is 25.6. The number of aromatic nitrogens is 1. The van der Waals surface area contributed by atoms with E-state index in [0.717, 1.165) is 11.8 Å². The quantitative estimate of drug-likeness (QED) is 0.871. The monoisotopic (exact) mass is 291 g/mol. The fraction of sp³-hybridized carbons (Fsp3) is 0.812. The molecule has 3 aliphatic rings. The van der Waals surface area contributed by atoms with E-state index in [0.29, 0.717) is 6.04 Å². The van der Waals surface area contributed by atoms with Crippen molar-refractivity contribution in [2.45, 2.75) is 51.0 Å². The van der Waals surface area contributed by atoms with E-state index in [1.165, 1.54) is 68.9 Å². The number of rotatable bonds is 6. The highest BCUT2D eigenvalue weighted by molar-refractivity contribution is 7.15. The standard InChI is InChI=1S/C16H25N3S/c1-17-13-3-2-4-14-15(13)18-16(20-14)19(9-11-5-6-11)10-12-7-8-12/h11-13,17H,2-10H2,1H3. The summed E-state index contributed by atoms with van der Waals surface area (Å²) in [6.45, 7) is 2.51. The van der Waals surface area contributed by atoms with Gasteiger partial charge in [0.25, 0.3) is 0 Å². The average Bonchev–Trinajstić information content (AvgIpc) is 3.38. The van der Waals surface area contributed by atoms with Crippen LogP contribution in [-0.4, -0.2) is 25.1 Å². The van der Waals surface area contributed by atoms with Crippen LogP contribution in [0, 0.1) is 11.8 Å². The van der Waals surface area contributed by atoms with Gasteiger partial charge in [-0.3, -0.25) is 0 Å². The van der Waals surface area contributed by atoms with Crippen molar-refractivity contribution in [3.05, 3.63) is 10.6 Å². The maximum Gasteiger partial charge on any atom is 0.185 e. The van der Waals surface area contributed by atoms with Gasteiger partial charge in [-0.05, 0) is 63.8 Å². The topological polar surface area (TPSA) is 28.2 Å². The van der Waals surface area contributed by atoms with Gasteiger partial charge in [0.05, 0.1) is 11.7 Å². The van der Waals surface area contributed by atoms with Crippen molar-refractivity contribution in [3.8, 4) is 0 Å². The first kappa shape index (κ1) is 13.1. The van der Waals surface area contributed by atoms with E-state index >= 15 is 0 Å². The zero-order valence-electron chi connectivity index (χ0n) is 12.4. The molecular weight excluding hydrogens is 266 g/mol. The second-order valence-corrected chi connectivity index (χ2v) is 7.89. The van der Waals surface area contributed by atoms with Gasteiger partial charge < -0.3 is 10.2 Å². The van der Waals surface area contributed by atoms with Crippen molar-refractivity contribution in [1.29, 1.82) is 0 Å². The summed E-state index contributed by atoms with van der Waals surface area (Å²) in [5.74, 6) is 1.91. The lowest BCUT2D eigenvalue weighted by atomic mass is 9.98. The molecule has 1 N–H and O–H groups in total. The maximum atomic E-state index is 5.05. The molecule has 4 heteroatoms. The third-order valence-electron chi connectivity index (χ3n) is 4.91. The first-order valence-corrected chi connectivity index (χ1v) is 9.07. The second kappa shape index (κ2) is 5.30. The Kier molecular flexibility index (Phi) is 3.47. The van der Waals surface area contributed by atoms with E-state index in [4.69, 9.17) is 4.98 Å². The van der Waals surface area contributed by atoms with Crippen LogP contribution < -0.4 is 10.2 Å². The van der Waals surface area contributed by atoms with E-state index in [-0.39, 0.29) is 0 Å². The third-order valence-corrected chi connectivity index (χ3v) is 6.10. The molecule has 3 nitrogen and oxygen atoms in total. The van der Waals surface area contributed by atoms with Crippen molar-refractivity contribution in [3.63, 3.8) is 0 Å². The zero-order valence-corrected chi connectivity index (χ0v) is 13.2. The van der Waals surface area contributed by atoms with Gasteiger partial charge in [-0.1, -0.05) is 0 Å². The molecule has 1 atom stereocenters. The summed E-state index contributed by atoms with van der Waals surface area (Å²) in [4.78, 5) is 9.21. The first-order chi connectivity index (χ1) is 9.83. The lowest BCUT2D eigenvalue weighted by Gasteiger charge is -2.22. The van der Waals surface area contributed by atoms with Gasteiger partial charge >= 0.3 is 0 Å². The molecule has 0 aliphatic heterocycles. The molecule has 110 valence electrons. The Hall–Kier alpha value is -0.610. The van der Waals surface area contributed by atoms with Crippen molar-refractivity contribution in [2.24, 2.45) is 11.8 Å². The molecule has 2 saturated carbocycles. The number of anilines is 1. The summed E-state index contributed by atoms with van der Waals surface area (Å²) in [6, 6.07) is 0.493. The minimum atomic E-state index is 0.493. The van der Waals surface area contributed by atoms with E-state index in [1.807, 2.05) is 11.3 Å². The van der Waals surface area contributed by atoms with Crippen LogP contribution in [0.5, 0.6) is 0 Å². The Balaban J connectivity index is 1.56. The Bertz CT molecular complexity index is 462. The summed E-state index contributed by atoms with van der Waals surface area (Å²) in [5.41, 5.74) is 1.36. The SMILES string of the molecule is CNC1CCCc2sc(N(CC3CC3)CC3CC3)nc21. The molecule has 1 aromatic rings. The Labute approximate surface area is 125 Å². The van der Waals surface area contributed by atoms with Gasteiger partial charge in [0.1, 0.15) is 0 Å². The smallest absolute Gasteiger partial charge is 0.185 e. The van der Waals surface area contributed by atoms with E-state index < -0.39 is 0 Å². The average molecular weight is 291 g/mol. The molecule has 4 rings (SSSR count). The Morgan fingerprint density at radius 3 is 2.45 bits per heavy atom. The van der Waals surface area contributed by atoms with Gasteiger partial charge in [0.15, 0.2) is 5.13 Å². The Morgan fingerprint density at radius 1 is 1.15 bits per heavy atom. The van der Waals surface area contributed by atoms with Crippen LogP contribution in [0.15, 0.2) is 0 Å². The molecule has 0 aromatic carbocycles. The van der Waals surface area contributed by atoms with Crippen LogP contribution >= 0.6 is 11.3 Å². The first-order valence-electron chi connectivity index (χ1n) is 8.25. The molecular formula is C16H25N3S. The predicted octanol–water partition coefficient (Wildman–Crippen LogP) is 3.37. The van der Waals surface area contributed by atoms with Crippen LogP contribution in [0.2, 0.25) is 0 Å². The summed E-state index contributed by atoms with van der Waals surface area (Å²) in [7, 11) is 2.07. The number of hydrogen-bond donors (Lipinski definition) is 1. The van der Waals surface area contributed by atoms with Crippen LogP contribution in [-0.2, 0) is 6.42 Å². The van der Waals surface area contributed by atoms with Crippen molar-refractivity contribution < 1.29 is 0 Å². The summed E-state index contributed by atoms with van der Waals surface area (Å²) in [6.07, 6.45) is 9.54. The fourth-order valence-corrected chi connectivity index (χ4v) is 4.46. The van der Waals surface area contributed by atoms with Gasteiger partial charge in [-0.15, -0.1) is 11.3 Å². The zero-order chi connectivity index (χ0) is 13.5. The molecule has 0 saturated heterocycles. The van der Waals surface area contributed by atoms with E-state index in [1.54, 1.807) is 4.88 Å². The van der Waals surface area contributed by atoms with Crippen molar-refractivity contribution >= 4 is 16.5 Å². The van der Waals surface area contributed by atoms with Crippen LogP contribution in [0.25, 0.3) is 0 Å². The van der Waals surface area contributed by atoms with Crippen LogP contribution in [0.1, 0.15) is 55.1 Å². The molecule has 0 spiro atoms. The minimum absolute atomic E-state index is 0.493. The number of fused-ring (bicyclic) bond motifs is 1. The largest absolute Gasteiger partial charge is 0.348 e. The van der Waals surface area contributed by atoms with E-state index in [2.05, 4.69) is 17.3 Å². The van der Waals surface area contributed by atoms with Gasteiger partial charge in [0.2, 0.25) is 0 Å². The van der Waals surface area contributed by atoms with Crippen molar-refractivity contribution in [1.82, 2.24) is 10.3 Å². The second-order valence-electron chi connectivity index (χ2n) is 6.83. The molecule has 20 heavy (non-hydrogen) atoms. The molecule has 1 aromatic heterocycles. The number of thiazole rings is 1. The highest BCUT2D eigenvalue weighted by atomic mass is 32.1. The van der Waals surface area contributed by atoms with E-state index in [9.17, 15) is 0 Å². The number of hydrogen-bond acceptors (Lipinski definition) is 4. The number of aryl methyl sites for hydroxylation is 1. The highest BCUT2D eigenvalue weighted by Crippen LogP contribution is 2.40. The summed E-state index contributed by atoms with van der Waals surface area (Å²) < 4.78 is 0. The van der Waals surface area contributed by atoms with Crippen molar-refractivity contribution in [2.75, 3.05) is 25.0 Å². The molecule has 2 fully saturated rings. The molecule has 0 amide bonds. The lowest BCUT2D eigenvalue weighted by Crippen LogP contribution is -2.28. The molecule has 1 unspecified atom stereocenters.